The van der Waals surface area contributed by atoms with Crippen LogP contribution in [0.1, 0.15) is 24.1 Å². The van der Waals surface area contributed by atoms with Gasteiger partial charge < -0.3 is 9.73 Å². The minimum atomic E-state index is -0.460. The summed E-state index contributed by atoms with van der Waals surface area (Å²) >= 11 is 3.31. The van der Waals surface area contributed by atoms with Crippen LogP contribution < -0.4 is 5.32 Å². The minimum Gasteiger partial charge on any atom is -0.444 e. The number of aromatic nitrogens is 2. The summed E-state index contributed by atoms with van der Waals surface area (Å²) in [6, 6.07) is 0. The molecule has 0 bridgehead atoms. The largest absolute Gasteiger partial charge is 0.444 e. The third-order valence-corrected chi connectivity index (χ3v) is 3.76. The Balaban J connectivity index is 2.14. The van der Waals surface area contributed by atoms with Gasteiger partial charge in [0, 0.05) is 12.0 Å². The van der Waals surface area contributed by atoms with Gasteiger partial charge in [0.2, 0.25) is 5.89 Å². The second kappa shape index (κ2) is 6.00. The Labute approximate surface area is 123 Å². The monoisotopic (exact) mass is 340 g/mol. The van der Waals surface area contributed by atoms with Gasteiger partial charge in [-0.1, -0.05) is 6.92 Å². The SMILES string of the molecule is CCc1cnc(CNc2ncc([N+](=O)[O-])c(C)c2Br)o1. The van der Waals surface area contributed by atoms with Gasteiger partial charge in [-0.05, 0) is 22.9 Å². The first-order valence-corrected chi connectivity index (χ1v) is 6.79. The average molecular weight is 341 g/mol. The quantitative estimate of drug-likeness (QED) is 0.663. The Kier molecular flexibility index (Phi) is 4.33. The van der Waals surface area contributed by atoms with Crippen LogP contribution in [0.5, 0.6) is 0 Å². The molecule has 20 heavy (non-hydrogen) atoms. The number of pyridine rings is 1. The smallest absolute Gasteiger partial charge is 0.291 e. The summed E-state index contributed by atoms with van der Waals surface area (Å²) in [6.07, 6.45) is 3.70. The molecule has 0 fully saturated rings. The maximum absolute atomic E-state index is 10.8. The van der Waals surface area contributed by atoms with Crippen LogP contribution in [0.2, 0.25) is 0 Å². The van der Waals surface area contributed by atoms with Crippen LogP contribution in [0, 0.1) is 17.0 Å². The molecule has 8 heteroatoms. The highest BCUT2D eigenvalue weighted by atomic mass is 79.9. The number of aryl methyl sites for hydroxylation is 1. The molecule has 0 spiro atoms. The first kappa shape index (κ1) is 14.4. The molecule has 106 valence electrons. The predicted octanol–water partition coefficient (Wildman–Crippen LogP) is 3.22. The molecule has 1 N–H and O–H groups in total. The van der Waals surface area contributed by atoms with Crippen LogP contribution >= 0.6 is 15.9 Å². The summed E-state index contributed by atoms with van der Waals surface area (Å²) in [5.74, 6) is 1.88. The van der Waals surface area contributed by atoms with Crippen LogP contribution in [-0.4, -0.2) is 14.9 Å². The number of hydrogen-bond acceptors (Lipinski definition) is 6. The van der Waals surface area contributed by atoms with Gasteiger partial charge in [-0.15, -0.1) is 0 Å². The van der Waals surface area contributed by atoms with Gasteiger partial charge in [0.15, 0.2) is 0 Å². The van der Waals surface area contributed by atoms with Gasteiger partial charge in [0.1, 0.15) is 17.8 Å². The summed E-state index contributed by atoms with van der Waals surface area (Å²) in [4.78, 5) is 18.5. The Morgan fingerprint density at radius 2 is 2.20 bits per heavy atom. The second-order valence-electron chi connectivity index (χ2n) is 4.12. The van der Waals surface area contributed by atoms with E-state index in [1.807, 2.05) is 6.92 Å². The molecule has 0 saturated carbocycles. The number of nitro groups is 1. The van der Waals surface area contributed by atoms with Crippen molar-refractivity contribution in [2.75, 3.05) is 5.32 Å². The second-order valence-corrected chi connectivity index (χ2v) is 4.91. The summed E-state index contributed by atoms with van der Waals surface area (Å²) in [7, 11) is 0. The van der Waals surface area contributed by atoms with Crippen LogP contribution in [0.15, 0.2) is 21.3 Å². The fourth-order valence-electron chi connectivity index (χ4n) is 1.63. The molecule has 2 aromatic rings. The van der Waals surface area contributed by atoms with Crippen molar-refractivity contribution in [3.63, 3.8) is 0 Å². The van der Waals surface area contributed by atoms with Crippen molar-refractivity contribution in [3.05, 3.63) is 44.2 Å². The lowest BCUT2D eigenvalue weighted by atomic mass is 10.2. The zero-order valence-electron chi connectivity index (χ0n) is 11.0. The zero-order valence-corrected chi connectivity index (χ0v) is 12.6. The van der Waals surface area contributed by atoms with Gasteiger partial charge in [0.25, 0.3) is 5.69 Å². The Morgan fingerprint density at radius 1 is 1.45 bits per heavy atom. The number of nitrogens with zero attached hydrogens (tertiary/aromatic N) is 3. The van der Waals surface area contributed by atoms with E-state index in [-0.39, 0.29) is 5.69 Å². The molecular weight excluding hydrogens is 328 g/mol. The number of anilines is 1. The van der Waals surface area contributed by atoms with Crippen molar-refractivity contribution in [3.8, 4) is 0 Å². The lowest BCUT2D eigenvalue weighted by molar-refractivity contribution is -0.385. The Hall–Kier alpha value is -1.96. The van der Waals surface area contributed by atoms with Gasteiger partial charge in [-0.2, -0.15) is 0 Å². The Morgan fingerprint density at radius 3 is 2.80 bits per heavy atom. The van der Waals surface area contributed by atoms with Gasteiger partial charge in [-0.3, -0.25) is 10.1 Å². The van der Waals surface area contributed by atoms with E-state index in [0.29, 0.717) is 28.3 Å². The van der Waals surface area contributed by atoms with Crippen LogP contribution in [0.4, 0.5) is 11.5 Å². The number of rotatable bonds is 5. The zero-order chi connectivity index (χ0) is 14.7. The molecule has 0 radical (unpaired) electrons. The van der Waals surface area contributed by atoms with E-state index in [4.69, 9.17) is 4.42 Å². The normalized spacial score (nSPS) is 10.6. The highest BCUT2D eigenvalue weighted by Crippen LogP contribution is 2.30. The van der Waals surface area contributed by atoms with E-state index in [0.717, 1.165) is 12.2 Å². The van der Waals surface area contributed by atoms with E-state index in [2.05, 4.69) is 31.2 Å². The number of oxazole rings is 1. The average Bonchev–Trinajstić information content (AvgIpc) is 2.88. The summed E-state index contributed by atoms with van der Waals surface area (Å²) in [6.45, 7) is 4.01. The molecular formula is C12H13BrN4O3. The van der Waals surface area contributed by atoms with Crippen LogP contribution in [-0.2, 0) is 13.0 Å². The highest BCUT2D eigenvalue weighted by molar-refractivity contribution is 9.10. The van der Waals surface area contributed by atoms with Crippen LogP contribution in [0.3, 0.4) is 0 Å². The van der Waals surface area contributed by atoms with E-state index in [1.165, 1.54) is 6.20 Å². The molecule has 0 aliphatic carbocycles. The summed E-state index contributed by atoms with van der Waals surface area (Å²) in [5.41, 5.74) is 0.501. The number of nitrogens with one attached hydrogen (secondary N) is 1. The van der Waals surface area contributed by atoms with Gasteiger partial charge in [0.05, 0.1) is 22.1 Å². The lowest BCUT2D eigenvalue weighted by Gasteiger charge is -2.07. The molecule has 0 amide bonds. The predicted molar refractivity (Wildman–Crippen MR) is 76.5 cm³/mol. The first-order valence-electron chi connectivity index (χ1n) is 5.99. The van der Waals surface area contributed by atoms with Crippen molar-refractivity contribution in [1.82, 2.24) is 9.97 Å². The molecule has 0 unspecified atom stereocenters. The molecule has 2 heterocycles. The molecule has 7 nitrogen and oxygen atoms in total. The summed E-state index contributed by atoms with van der Waals surface area (Å²) < 4.78 is 6.03. The van der Waals surface area contributed by atoms with E-state index >= 15 is 0 Å². The van der Waals surface area contributed by atoms with Gasteiger partial charge in [-0.25, -0.2) is 9.97 Å². The van der Waals surface area contributed by atoms with Crippen molar-refractivity contribution in [1.29, 1.82) is 0 Å². The highest BCUT2D eigenvalue weighted by Gasteiger charge is 2.17. The van der Waals surface area contributed by atoms with Crippen molar-refractivity contribution in [2.24, 2.45) is 0 Å². The third-order valence-electron chi connectivity index (χ3n) is 2.79. The molecule has 2 aromatic heterocycles. The van der Waals surface area contributed by atoms with Crippen molar-refractivity contribution < 1.29 is 9.34 Å². The topological polar surface area (TPSA) is 94.1 Å². The molecule has 0 aliphatic heterocycles. The molecule has 2 rings (SSSR count). The maximum atomic E-state index is 10.8. The number of halogens is 1. The van der Waals surface area contributed by atoms with E-state index in [1.54, 1.807) is 13.1 Å². The van der Waals surface area contributed by atoms with Crippen LogP contribution in [0.25, 0.3) is 0 Å². The van der Waals surface area contributed by atoms with Crippen molar-refractivity contribution >= 4 is 27.4 Å². The lowest BCUT2D eigenvalue weighted by Crippen LogP contribution is -2.04. The van der Waals surface area contributed by atoms with Crippen molar-refractivity contribution in [2.45, 2.75) is 26.8 Å². The maximum Gasteiger partial charge on any atom is 0.291 e. The molecule has 0 aliphatic rings. The minimum absolute atomic E-state index is 0.0215. The summed E-state index contributed by atoms with van der Waals surface area (Å²) in [5, 5.41) is 13.8. The fourth-order valence-corrected chi connectivity index (χ4v) is 2.07. The molecule has 0 saturated heterocycles. The van der Waals surface area contributed by atoms with E-state index < -0.39 is 4.92 Å². The van der Waals surface area contributed by atoms with E-state index in [9.17, 15) is 10.1 Å². The fraction of sp³-hybridized carbons (Fsp3) is 0.333. The number of hydrogen-bond donors (Lipinski definition) is 1. The van der Waals surface area contributed by atoms with Gasteiger partial charge >= 0.3 is 0 Å². The Bertz CT molecular complexity index is 642. The standard InChI is InChI=1S/C12H13BrN4O3/c1-3-8-4-14-10(20-8)6-16-12-11(13)7(2)9(5-15-12)17(18)19/h4-5H,3,6H2,1-2H3,(H,15,16). The molecule has 0 atom stereocenters. The third kappa shape index (κ3) is 2.96. The molecule has 0 aromatic carbocycles. The first-order chi connectivity index (χ1) is 9.52.